The minimum Gasteiger partial charge on any atom is -0.457 e. The first-order chi connectivity index (χ1) is 17.2. The Morgan fingerprint density at radius 2 is 1.42 bits per heavy atom. The van der Waals surface area contributed by atoms with E-state index >= 15 is 0 Å². The van der Waals surface area contributed by atoms with Gasteiger partial charge in [-0.25, -0.2) is 8.78 Å². The Labute approximate surface area is 211 Å². The molecular formula is C30H37F5O. The molecule has 0 heterocycles. The molecule has 0 radical (unpaired) electrons. The number of benzene rings is 2. The van der Waals surface area contributed by atoms with Crippen LogP contribution in [0.2, 0.25) is 0 Å². The van der Waals surface area contributed by atoms with Crippen molar-refractivity contribution in [3.63, 3.8) is 0 Å². The number of hydrogen-bond acceptors (Lipinski definition) is 1. The molecule has 2 fully saturated rings. The number of alkyl halides is 3. The largest absolute Gasteiger partial charge is 0.457 e. The molecule has 0 unspecified atom stereocenters. The first-order valence-electron chi connectivity index (χ1n) is 13.6. The molecule has 6 heteroatoms. The summed E-state index contributed by atoms with van der Waals surface area (Å²) in [4.78, 5) is 0. The van der Waals surface area contributed by atoms with E-state index in [0.29, 0.717) is 11.5 Å². The Morgan fingerprint density at radius 1 is 0.833 bits per heavy atom. The highest BCUT2D eigenvalue weighted by Gasteiger charge is 2.34. The number of hydrogen-bond donors (Lipinski definition) is 0. The number of ether oxygens (including phenoxy) is 1. The summed E-state index contributed by atoms with van der Waals surface area (Å²) < 4.78 is 74.2. The fraction of sp³-hybridized carbons (Fsp3) is 0.600. The van der Waals surface area contributed by atoms with Crippen LogP contribution in [0.5, 0.6) is 11.5 Å². The zero-order valence-electron chi connectivity index (χ0n) is 21.3. The zero-order chi connectivity index (χ0) is 25.9. The average Bonchev–Trinajstić information content (AvgIpc) is 2.87. The molecule has 2 aliphatic carbocycles. The summed E-state index contributed by atoms with van der Waals surface area (Å²) in [5, 5.41) is 0. The van der Waals surface area contributed by atoms with Crippen LogP contribution in [-0.2, 0) is 12.6 Å². The molecule has 36 heavy (non-hydrogen) atoms. The first kappa shape index (κ1) is 26.9. The van der Waals surface area contributed by atoms with Crippen molar-refractivity contribution in [3.8, 4) is 11.5 Å². The lowest BCUT2D eigenvalue weighted by Gasteiger charge is -2.38. The van der Waals surface area contributed by atoms with Crippen molar-refractivity contribution in [3.05, 3.63) is 58.7 Å². The summed E-state index contributed by atoms with van der Waals surface area (Å²) in [6.45, 7) is 3.98. The van der Waals surface area contributed by atoms with Gasteiger partial charge < -0.3 is 4.74 Å². The predicted octanol–water partition coefficient (Wildman–Crippen LogP) is 10.2. The van der Waals surface area contributed by atoms with Crippen LogP contribution in [0.1, 0.15) is 101 Å². The lowest BCUT2D eigenvalue weighted by molar-refractivity contribution is -0.137. The molecule has 2 aromatic rings. The highest BCUT2D eigenvalue weighted by atomic mass is 19.4. The molecule has 0 spiro atoms. The smallest absolute Gasteiger partial charge is 0.416 e. The van der Waals surface area contributed by atoms with Gasteiger partial charge in [-0.3, -0.25) is 0 Å². The van der Waals surface area contributed by atoms with Crippen LogP contribution >= 0.6 is 0 Å². The second-order valence-corrected chi connectivity index (χ2v) is 10.7. The van der Waals surface area contributed by atoms with Gasteiger partial charge in [0, 0.05) is 11.1 Å². The highest BCUT2D eigenvalue weighted by molar-refractivity contribution is 5.48. The van der Waals surface area contributed by atoms with Gasteiger partial charge in [0.05, 0.1) is 5.56 Å². The maximum atomic E-state index is 14.7. The van der Waals surface area contributed by atoms with E-state index in [1.165, 1.54) is 56.7 Å². The highest BCUT2D eigenvalue weighted by Crippen LogP contribution is 2.48. The van der Waals surface area contributed by atoms with E-state index in [2.05, 4.69) is 6.92 Å². The first-order valence-corrected chi connectivity index (χ1v) is 13.6. The average molecular weight is 509 g/mol. The van der Waals surface area contributed by atoms with Crippen molar-refractivity contribution in [2.24, 2.45) is 17.8 Å². The lowest BCUT2D eigenvalue weighted by atomic mass is 9.68. The van der Waals surface area contributed by atoms with Crippen molar-refractivity contribution in [2.75, 3.05) is 0 Å². The summed E-state index contributed by atoms with van der Waals surface area (Å²) >= 11 is 0. The Hall–Kier alpha value is -2.11. The van der Waals surface area contributed by atoms with Gasteiger partial charge in [-0.2, -0.15) is 13.2 Å². The Bertz CT molecular complexity index is 997. The van der Waals surface area contributed by atoms with Gasteiger partial charge in [0.1, 0.15) is 11.5 Å². The van der Waals surface area contributed by atoms with Crippen molar-refractivity contribution >= 4 is 0 Å². The fourth-order valence-corrected chi connectivity index (χ4v) is 6.51. The molecule has 2 saturated carbocycles. The maximum Gasteiger partial charge on any atom is 0.416 e. The minimum atomic E-state index is -4.45. The van der Waals surface area contributed by atoms with Gasteiger partial charge >= 0.3 is 6.18 Å². The summed E-state index contributed by atoms with van der Waals surface area (Å²) in [5.74, 6) is 0.975. The van der Waals surface area contributed by atoms with Gasteiger partial charge in [0.2, 0.25) is 0 Å². The molecule has 4 rings (SSSR count). The summed E-state index contributed by atoms with van der Waals surface area (Å²) in [6.07, 6.45) is 7.51. The lowest BCUT2D eigenvalue weighted by Crippen LogP contribution is -2.25. The monoisotopic (exact) mass is 508 g/mol. The molecule has 0 aliphatic heterocycles. The topological polar surface area (TPSA) is 9.23 Å². The third-order valence-corrected chi connectivity index (χ3v) is 8.51. The van der Waals surface area contributed by atoms with Gasteiger partial charge in [-0.1, -0.05) is 39.5 Å². The summed E-state index contributed by atoms with van der Waals surface area (Å²) in [5.41, 5.74) is -0.00450. The normalized spacial score (nSPS) is 25.1. The molecule has 0 saturated heterocycles. The quantitative estimate of drug-likeness (QED) is 0.338. The Morgan fingerprint density at radius 3 is 1.94 bits per heavy atom. The van der Waals surface area contributed by atoms with E-state index in [1.807, 2.05) is 0 Å². The third kappa shape index (κ3) is 6.06. The SMILES string of the molecule is CCCC1CCC(C2CCC(c3cc(F)c(F)c(CC)c3Oc3ccc(C(F)(F)F)cc3)CC2)CC1. The van der Waals surface area contributed by atoms with E-state index in [0.717, 1.165) is 49.7 Å². The van der Waals surface area contributed by atoms with Crippen molar-refractivity contribution in [1.82, 2.24) is 0 Å². The fourth-order valence-electron chi connectivity index (χ4n) is 6.51. The molecule has 2 aliphatic rings. The van der Waals surface area contributed by atoms with Gasteiger partial charge in [0.25, 0.3) is 0 Å². The molecule has 0 bridgehead atoms. The molecule has 2 aromatic carbocycles. The summed E-state index contributed by atoms with van der Waals surface area (Å²) in [6, 6.07) is 5.61. The van der Waals surface area contributed by atoms with Crippen molar-refractivity contribution < 1.29 is 26.7 Å². The van der Waals surface area contributed by atoms with Crippen molar-refractivity contribution in [2.45, 2.75) is 96.6 Å². The van der Waals surface area contributed by atoms with E-state index in [1.54, 1.807) is 6.92 Å². The molecule has 0 aromatic heterocycles. The van der Waals surface area contributed by atoms with Crippen LogP contribution < -0.4 is 4.74 Å². The van der Waals surface area contributed by atoms with Gasteiger partial charge in [0.15, 0.2) is 11.6 Å². The molecule has 0 amide bonds. The zero-order valence-corrected chi connectivity index (χ0v) is 21.3. The van der Waals surface area contributed by atoms with Crippen LogP contribution in [-0.4, -0.2) is 0 Å². The number of rotatable bonds is 7. The minimum absolute atomic E-state index is 0.0440. The molecule has 1 nitrogen and oxygen atoms in total. The van der Waals surface area contributed by atoms with E-state index in [4.69, 9.17) is 4.74 Å². The van der Waals surface area contributed by atoms with Crippen LogP contribution in [0.15, 0.2) is 30.3 Å². The number of halogens is 5. The predicted molar refractivity (Wildman–Crippen MR) is 132 cm³/mol. The van der Waals surface area contributed by atoms with Crippen molar-refractivity contribution in [1.29, 1.82) is 0 Å². The van der Waals surface area contributed by atoms with E-state index in [9.17, 15) is 22.0 Å². The van der Waals surface area contributed by atoms with Gasteiger partial charge in [-0.05, 0) is 98.9 Å². The molecule has 0 N–H and O–H groups in total. The maximum absolute atomic E-state index is 14.7. The third-order valence-electron chi connectivity index (χ3n) is 8.51. The van der Waals surface area contributed by atoms with Crippen LogP contribution in [0.4, 0.5) is 22.0 Å². The van der Waals surface area contributed by atoms with Crippen LogP contribution in [0.25, 0.3) is 0 Å². The molecular weight excluding hydrogens is 471 g/mol. The van der Waals surface area contributed by atoms with Crippen LogP contribution in [0, 0.1) is 29.4 Å². The van der Waals surface area contributed by atoms with E-state index < -0.39 is 23.4 Å². The van der Waals surface area contributed by atoms with E-state index in [-0.39, 0.29) is 29.4 Å². The second kappa shape index (κ2) is 11.5. The second-order valence-electron chi connectivity index (χ2n) is 10.7. The Kier molecular flexibility index (Phi) is 8.62. The molecule has 0 atom stereocenters. The standard InChI is InChI=1S/C30H37F5O/c1-3-5-19-6-8-20(9-7-19)21-10-12-22(13-11-21)26-18-27(31)28(32)25(4-2)29(26)36-24-16-14-23(15-17-24)30(33,34)35/h14-22H,3-13H2,1-2H3. The molecule has 198 valence electrons. The Balaban J connectivity index is 1.51. The van der Waals surface area contributed by atoms with Crippen LogP contribution in [0.3, 0.4) is 0 Å². The van der Waals surface area contributed by atoms with Gasteiger partial charge in [-0.15, -0.1) is 0 Å². The summed E-state index contributed by atoms with van der Waals surface area (Å²) in [7, 11) is 0.